The highest BCUT2D eigenvalue weighted by Crippen LogP contribution is 2.39. The van der Waals surface area contributed by atoms with Crippen LogP contribution in [0.3, 0.4) is 0 Å². The maximum absolute atomic E-state index is 13.1. The van der Waals surface area contributed by atoms with E-state index in [1.54, 1.807) is 74.8 Å². The lowest BCUT2D eigenvalue weighted by atomic mass is 9.76. The highest BCUT2D eigenvalue weighted by Gasteiger charge is 2.52. The first kappa shape index (κ1) is 86.3. The van der Waals surface area contributed by atoms with E-state index < -0.39 is 53.6 Å². The monoisotopic (exact) mass is 1700 g/mol. The number of benzene rings is 4. The van der Waals surface area contributed by atoms with Gasteiger partial charge in [-0.2, -0.15) is 56.7 Å². The van der Waals surface area contributed by atoms with Gasteiger partial charge in [0.05, 0.1) is 100.0 Å². The number of aryl methyl sites for hydroxylation is 6. The van der Waals surface area contributed by atoms with Crippen molar-refractivity contribution in [1.82, 2.24) is 84.3 Å². The lowest BCUT2D eigenvalue weighted by molar-refractivity contribution is -0.138. The molecule has 13 heterocycles. The fraction of sp³-hybridized carbons (Fsp3) is 0.395. The predicted molar refractivity (Wildman–Crippen MR) is 434 cm³/mol. The molecule has 3 N–H and O–H groups in total. The minimum atomic E-state index is -4.53. The van der Waals surface area contributed by atoms with Crippen LogP contribution in [0.4, 0.5) is 55.2 Å². The summed E-state index contributed by atoms with van der Waals surface area (Å²) in [6, 6.07) is 19.1. The number of hydrogen-bond acceptors (Lipinski definition) is 24. The molecule has 5 aliphatic heterocycles. The molecule has 618 valence electrons. The van der Waals surface area contributed by atoms with Crippen LogP contribution in [0.5, 0.6) is 0 Å². The van der Waals surface area contributed by atoms with E-state index in [1.807, 2.05) is 74.8 Å². The molecule has 5 fully saturated rings. The quantitative estimate of drug-likeness (QED) is 0.0523. The van der Waals surface area contributed by atoms with Gasteiger partial charge in [0, 0.05) is 109 Å². The summed E-state index contributed by atoms with van der Waals surface area (Å²) in [7, 11) is 6.76. The van der Waals surface area contributed by atoms with Crippen LogP contribution < -0.4 is 36.1 Å². The van der Waals surface area contributed by atoms with Gasteiger partial charge in [-0.3, -0.25) is 28.3 Å². The van der Waals surface area contributed by atoms with E-state index in [4.69, 9.17) is 84.6 Å². The zero-order valence-electron chi connectivity index (χ0n) is 65.3. The van der Waals surface area contributed by atoms with Crippen molar-refractivity contribution in [3.63, 3.8) is 0 Å². The Morgan fingerprint density at radius 1 is 0.453 bits per heavy atom. The number of fused-ring (bicyclic) bond motifs is 4. The molecule has 12 aromatic rings. The molecule has 4 aromatic carbocycles. The standard InChI is InChI=1S/C25H23F3N6O2.C21H23BF3NO3.2C10H12ClN5O.C6H4Cl2N4.C4H9NO/c1-15-6-7-18(30-24(35)16-4-3-5-17(12-16)25(26,27)28)13-19(15)22-31-20-14-29-33(2)21(20)23(32-22)34-8-10-36-11-9-34;1-13-9-10-16(12-17(13)22-28-19(2,3)20(4,5)29-22)26-18(27)14-7-6-8-15(11-14)21(23,24)25;2*1-15-8-7(6-12-15)13-10(11)14-9(8)16-2-4-17-5-3-16;1-12-4-3(2-9-12)10-6(8)11-5(4)7;1-3-6-4-2-5-1/h3-7,12-14H,8-11H2,1-2H3,(H,30,35);6-12H,1-5H3,(H,26,27);2*6H,2-5H2,1H3;2H,1H3;5H,1-4H2. The fourth-order valence-corrected chi connectivity index (χ4v) is 13.6. The zero-order valence-corrected chi connectivity index (χ0v) is 68.3. The van der Waals surface area contributed by atoms with Crippen molar-refractivity contribution in [3.8, 4) is 11.4 Å². The number of morpholine rings is 4. The van der Waals surface area contributed by atoms with Crippen molar-refractivity contribution < 1.29 is 64.2 Å². The highest BCUT2D eigenvalue weighted by molar-refractivity contribution is 6.62. The van der Waals surface area contributed by atoms with Gasteiger partial charge in [-0.1, -0.05) is 41.4 Å². The first-order chi connectivity index (χ1) is 55.7. The fourth-order valence-electron chi connectivity index (χ4n) is 12.7. The number of ether oxygens (including phenoxy) is 4. The Balaban J connectivity index is 0.000000138. The van der Waals surface area contributed by atoms with Gasteiger partial charge < -0.3 is 58.9 Å². The summed E-state index contributed by atoms with van der Waals surface area (Å²) in [5.74, 6) is 1.61. The van der Waals surface area contributed by atoms with Gasteiger partial charge in [0.2, 0.25) is 15.9 Å². The summed E-state index contributed by atoms with van der Waals surface area (Å²) in [6.07, 6.45) is -2.37. The van der Waals surface area contributed by atoms with Crippen LogP contribution in [-0.4, -0.2) is 214 Å². The molecule has 0 atom stereocenters. The van der Waals surface area contributed by atoms with E-state index in [0.29, 0.717) is 97.2 Å². The number of nitrogens with one attached hydrogen (secondary N) is 3. The Hall–Kier alpha value is -10.1. The van der Waals surface area contributed by atoms with Crippen LogP contribution in [0.2, 0.25) is 21.0 Å². The molecular formula is C76H83BCl4F6N22O8. The molecule has 5 aliphatic rings. The topological polar surface area (TPSA) is 310 Å². The van der Waals surface area contributed by atoms with Crippen LogP contribution in [0.25, 0.3) is 55.5 Å². The molecule has 0 bridgehead atoms. The second-order valence-corrected chi connectivity index (χ2v) is 29.6. The first-order valence-electron chi connectivity index (χ1n) is 36.9. The SMILES string of the molecule is C1COCCN1.Cc1ccc(NC(=O)c2cccc(C(F)(F)F)c2)cc1-c1nc(N2CCOCC2)c2c(cnn2C)n1.Cc1ccc(NC(=O)c2cccc(C(F)(F)F)c2)cc1B1OC(C)(C)C(C)(C)O1.Cn1ncc2nc(Cl)nc(Cl)c21.Cn1ncc2nc(Cl)nc(N3CCOCC3)c21.Cn1ncc2nc(Cl)nc(N3CCOCC3)c21. The van der Waals surface area contributed by atoms with E-state index in [9.17, 15) is 35.9 Å². The average Bonchev–Trinajstić information content (AvgIpc) is 1.60. The smallest absolute Gasteiger partial charge is 0.399 e. The second-order valence-electron chi connectivity index (χ2n) is 28.2. The zero-order chi connectivity index (χ0) is 83.7. The molecule has 0 aliphatic carbocycles. The van der Waals surface area contributed by atoms with Crippen LogP contribution >= 0.6 is 46.4 Å². The largest absolute Gasteiger partial charge is 0.495 e. The van der Waals surface area contributed by atoms with E-state index in [-0.39, 0.29) is 27.0 Å². The van der Waals surface area contributed by atoms with Crippen molar-refractivity contribution >= 4 is 144 Å². The van der Waals surface area contributed by atoms with Gasteiger partial charge in [-0.15, -0.1) is 0 Å². The first-order valence-corrected chi connectivity index (χ1v) is 38.4. The molecule has 41 heteroatoms. The minimum Gasteiger partial charge on any atom is -0.399 e. The van der Waals surface area contributed by atoms with Crippen molar-refractivity contribution in [2.24, 2.45) is 28.2 Å². The second kappa shape index (κ2) is 37.3. The molecule has 0 radical (unpaired) electrons. The molecule has 17 rings (SSSR count). The minimum absolute atomic E-state index is 0.0717. The number of nitrogens with zero attached hydrogens (tertiary/aromatic N) is 19. The third-order valence-corrected chi connectivity index (χ3v) is 20.4. The number of alkyl halides is 6. The third kappa shape index (κ3) is 21.1. The molecule has 2 amide bonds. The van der Waals surface area contributed by atoms with Crippen molar-refractivity contribution in [2.45, 2.75) is 65.1 Å². The van der Waals surface area contributed by atoms with Crippen LogP contribution in [0.15, 0.2) is 110 Å². The summed E-state index contributed by atoms with van der Waals surface area (Å²) >= 11 is 23.3. The molecule has 30 nitrogen and oxygen atoms in total. The van der Waals surface area contributed by atoms with E-state index >= 15 is 0 Å². The maximum Gasteiger partial charge on any atom is 0.495 e. The number of rotatable bonds is 9. The number of halogens is 10. The van der Waals surface area contributed by atoms with Crippen molar-refractivity contribution in [2.75, 3.05) is 131 Å². The molecule has 5 saturated heterocycles. The average molecular weight is 1700 g/mol. The predicted octanol–water partition coefficient (Wildman–Crippen LogP) is 12.0. The number of aromatic nitrogens is 16. The van der Waals surface area contributed by atoms with Gasteiger partial charge in [0.15, 0.2) is 28.4 Å². The Labute approximate surface area is 687 Å². The Morgan fingerprint density at radius 3 is 1.22 bits per heavy atom. The van der Waals surface area contributed by atoms with E-state index in [1.165, 1.54) is 24.3 Å². The Bertz CT molecular complexity index is 5390. The molecule has 117 heavy (non-hydrogen) atoms. The van der Waals surface area contributed by atoms with Crippen LogP contribution in [-0.2, 0) is 68.8 Å². The summed E-state index contributed by atoms with van der Waals surface area (Å²) in [5, 5.41) is 26.2. The van der Waals surface area contributed by atoms with Crippen molar-refractivity contribution in [3.05, 3.63) is 164 Å². The number of carbonyl (C=O) groups excluding carboxylic acids is 2. The Morgan fingerprint density at radius 2 is 0.821 bits per heavy atom. The summed E-state index contributed by atoms with van der Waals surface area (Å²) < 4.78 is 118. The molecule has 8 aromatic heterocycles. The highest BCUT2D eigenvalue weighted by atomic mass is 35.5. The molecule has 0 spiro atoms. The molecule has 0 unspecified atom stereocenters. The number of carbonyl (C=O) groups is 2. The summed E-state index contributed by atoms with van der Waals surface area (Å²) in [4.78, 5) is 65.9. The van der Waals surface area contributed by atoms with Gasteiger partial charge in [-0.05, 0) is 148 Å². The Kier molecular flexibility index (Phi) is 27.5. The molecular weight excluding hydrogens is 1620 g/mol. The van der Waals surface area contributed by atoms with Gasteiger partial charge in [0.25, 0.3) is 11.8 Å². The van der Waals surface area contributed by atoms with Crippen LogP contribution in [0.1, 0.15) is 70.7 Å². The van der Waals surface area contributed by atoms with Crippen molar-refractivity contribution in [1.29, 1.82) is 0 Å². The summed E-state index contributed by atoms with van der Waals surface area (Å²) in [6.45, 7) is 24.1. The lowest BCUT2D eigenvalue weighted by Crippen LogP contribution is -2.41. The van der Waals surface area contributed by atoms with Crippen LogP contribution in [0, 0.1) is 13.8 Å². The number of anilines is 5. The van der Waals surface area contributed by atoms with Gasteiger partial charge >= 0.3 is 19.5 Å². The van der Waals surface area contributed by atoms with E-state index in [0.717, 1.165) is 138 Å². The number of hydrogen-bond donors (Lipinski definition) is 3. The molecule has 0 saturated carbocycles. The number of amides is 2. The van der Waals surface area contributed by atoms with Gasteiger partial charge in [-0.25, -0.2) is 29.9 Å². The summed E-state index contributed by atoms with van der Waals surface area (Å²) in [5.41, 5.74) is 7.39. The normalized spacial score (nSPS) is 16.1. The third-order valence-electron chi connectivity index (χ3n) is 19.6. The lowest BCUT2D eigenvalue weighted by Gasteiger charge is -2.32. The van der Waals surface area contributed by atoms with Gasteiger partial charge in [0.1, 0.15) is 44.1 Å². The van der Waals surface area contributed by atoms with E-state index in [2.05, 4.69) is 80.9 Å². The maximum atomic E-state index is 13.1.